The number of rotatable bonds is 3. The highest BCUT2D eigenvalue weighted by Gasteiger charge is 2.48. The molecule has 190 valence electrons. The predicted molar refractivity (Wildman–Crippen MR) is 160 cm³/mol. The zero-order valence-corrected chi connectivity index (χ0v) is 22.2. The summed E-state index contributed by atoms with van der Waals surface area (Å²) in [6.07, 6.45) is 1.76. The Morgan fingerprint density at radius 1 is 0.525 bits per heavy atom. The largest absolute Gasteiger partial charge is 0.455 e. The second-order valence-electron chi connectivity index (χ2n) is 9.89. The molecular weight excluding hydrogens is 513 g/mol. The molecule has 8 rings (SSSR count). The number of nitrogens with zero attached hydrogens (tertiary/aromatic N) is 1. The summed E-state index contributed by atoms with van der Waals surface area (Å²) in [5.41, 5.74) is 5.42. The molecule has 0 unspecified atom stereocenters. The fraction of sp³-hybridized carbons (Fsp3) is 0. The van der Waals surface area contributed by atoms with Gasteiger partial charge in [0.25, 0.3) is 0 Å². The molecule has 5 aromatic carbocycles. The van der Waals surface area contributed by atoms with E-state index in [-0.39, 0.29) is 0 Å². The van der Waals surface area contributed by atoms with Gasteiger partial charge in [0.05, 0.1) is 16.3 Å². The van der Waals surface area contributed by atoms with Crippen LogP contribution in [0, 0.1) is 0 Å². The maximum absolute atomic E-state index is 15.8. The molecule has 5 heteroatoms. The molecule has 0 saturated heterocycles. The van der Waals surface area contributed by atoms with E-state index in [1.165, 1.54) is 0 Å². The first-order chi connectivity index (χ1) is 19.7. The Morgan fingerprint density at radius 2 is 1.05 bits per heavy atom. The van der Waals surface area contributed by atoms with Crippen molar-refractivity contribution in [3.8, 4) is 56.5 Å². The van der Waals surface area contributed by atoms with Crippen molar-refractivity contribution >= 4 is 23.1 Å². The highest BCUT2D eigenvalue weighted by atomic mass is 31.2. The van der Waals surface area contributed by atoms with Crippen molar-refractivity contribution in [2.45, 2.75) is 0 Å². The first-order valence-corrected chi connectivity index (χ1v) is 14.9. The molecule has 0 aliphatic carbocycles. The van der Waals surface area contributed by atoms with Crippen LogP contribution in [0.15, 0.2) is 134 Å². The lowest BCUT2D eigenvalue weighted by atomic mass is 10.0. The summed E-state index contributed by atoms with van der Waals surface area (Å²) >= 11 is 0. The van der Waals surface area contributed by atoms with Gasteiger partial charge in [-0.2, -0.15) is 0 Å². The van der Waals surface area contributed by atoms with E-state index >= 15 is 4.57 Å². The average molecular weight is 536 g/mol. The minimum Gasteiger partial charge on any atom is -0.455 e. The van der Waals surface area contributed by atoms with Crippen LogP contribution in [0.5, 0.6) is 23.0 Å². The van der Waals surface area contributed by atoms with Crippen LogP contribution in [0.3, 0.4) is 0 Å². The molecule has 0 bridgehead atoms. The maximum atomic E-state index is 15.8. The van der Waals surface area contributed by atoms with E-state index in [9.17, 15) is 0 Å². The van der Waals surface area contributed by atoms with Crippen LogP contribution >= 0.6 is 7.14 Å². The maximum Gasteiger partial charge on any atom is 0.185 e. The Balaban J connectivity index is 1.46. The molecule has 0 amide bonds. The average Bonchev–Trinajstić information content (AvgIpc) is 3.02. The van der Waals surface area contributed by atoms with Crippen LogP contribution in [-0.2, 0) is 4.57 Å². The predicted octanol–water partition coefficient (Wildman–Crippen LogP) is 7.93. The molecule has 40 heavy (non-hydrogen) atoms. The van der Waals surface area contributed by atoms with Crippen molar-refractivity contribution in [1.29, 1.82) is 0 Å². The van der Waals surface area contributed by atoms with Gasteiger partial charge < -0.3 is 14.0 Å². The van der Waals surface area contributed by atoms with Crippen molar-refractivity contribution in [2.75, 3.05) is 0 Å². The van der Waals surface area contributed by atoms with Crippen LogP contribution in [0.1, 0.15) is 0 Å². The quantitative estimate of drug-likeness (QED) is 0.216. The van der Waals surface area contributed by atoms with Gasteiger partial charge in [-0.15, -0.1) is 0 Å². The summed E-state index contributed by atoms with van der Waals surface area (Å²) in [6, 6.07) is 41.7. The number of hydrogen-bond acceptors (Lipinski definition) is 4. The van der Waals surface area contributed by atoms with Crippen LogP contribution in [0.4, 0.5) is 0 Å². The lowest BCUT2D eigenvalue weighted by molar-refractivity contribution is 0.463. The molecule has 2 aliphatic heterocycles. The monoisotopic (exact) mass is 535 g/mol. The van der Waals surface area contributed by atoms with Crippen LogP contribution in [0.2, 0.25) is 0 Å². The van der Waals surface area contributed by atoms with Crippen molar-refractivity contribution in [3.63, 3.8) is 0 Å². The molecule has 6 aromatic rings. The summed E-state index contributed by atoms with van der Waals surface area (Å²) < 4.78 is 29.2. The van der Waals surface area contributed by atoms with Gasteiger partial charge in [-0.25, -0.2) is 0 Å². The molecule has 0 fully saturated rings. The van der Waals surface area contributed by atoms with Crippen molar-refractivity contribution in [1.82, 2.24) is 4.98 Å². The fourth-order valence-electron chi connectivity index (χ4n) is 5.77. The number of aromatic nitrogens is 1. The highest BCUT2D eigenvalue weighted by Crippen LogP contribution is 2.61. The third-order valence-corrected chi connectivity index (χ3v) is 10.7. The Kier molecular flexibility index (Phi) is 5.07. The van der Waals surface area contributed by atoms with E-state index in [1.54, 1.807) is 6.20 Å². The first kappa shape index (κ1) is 23.0. The summed E-state index contributed by atoms with van der Waals surface area (Å²) in [7, 11) is -3.39. The van der Waals surface area contributed by atoms with Gasteiger partial charge in [0.2, 0.25) is 0 Å². The minimum absolute atomic E-state index is 0.535. The fourth-order valence-corrected chi connectivity index (χ4v) is 8.85. The van der Waals surface area contributed by atoms with Gasteiger partial charge in [-0.3, -0.25) is 4.98 Å². The number of fused-ring (bicyclic) bond motifs is 4. The molecule has 2 aliphatic rings. The number of benzene rings is 5. The summed E-state index contributed by atoms with van der Waals surface area (Å²) in [5.74, 6) is 2.31. The number of para-hydroxylation sites is 2. The molecule has 0 spiro atoms. The Morgan fingerprint density at radius 3 is 1.55 bits per heavy atom. The van der Waals surface area contributed by atoms with E-state index in [4.69, 9.17) is 9.47 Å². The first-order valence-electron chi connectivity index (χ1n) is 13.2. The van der Waals surface area contributed by atoms with E-state index in [2.05, 4.69) is 4.98 Å². The molecule has 0 atom stereocenters. The molecule has 0 radical (unpaired) electrons. The van der Waals surface area contributed by atoms with E-state index in [1.807, 2.05) is 127 Å². The van der Waals surface area contributed by atoms with Crippen molar-refractivity contribution < 1.29 is 14.0 Å². The number of hydrogen-bond donors (Lipinski definition) is 0. The molecule has 0 N–H and O–H groups in total. The van der Waals surface area contributed by atoms with Crippen molar-refractivity contribution in [3.05, 3.63) is 134 Å². The Hall–Kier alpha value is -4.92. The van der Waals surface area contributed by atoms with Crippen LogP contribution < -0.4 is 25.4 Å². The van der Waals surface area contributed by atoms with Gasteiger partial charge in [0.1, 0.15) is 28.3 Å². The second-order valence-corrected chi connectivity index (χ2v) is 12.5. The zero-order chi connectivity index (χ0) is 26.7. The van der Waals surface area contributed by atoms with E-state index in [0.717, 1.165) is 33.5 Å². The number of ether oxygens (including phenoxy) is 2. The minimum atomic E-state index is -3.39. The summed E-state index contributed by atoms with van der Waals surface area (Å²) in [5, 5.41) is 1.97. The van der Waals surface area contributed by atoms with Crippen LogP contribution in [0.25, 0.3) is 33.5 Å². The lowest BCUT2D eigenvalue weighted by Gasteiger charge is -2.36. The zero-order valence-electron chi connectivity index (χ0n) is 21.3. The SMILES string of the molecule is O=P12c3cccc(-c4ccccc4)c3Oc3cc(-c4ccccn4)cc(c31)Oc1c(-c3ccccc3)cccc12. The normalized spacial score (nSPS) is 13.7. The third kappa shape index (κ3) is 3.33. The Labute approximate surface area is 231 Å². The topological polar surface area (TPSA) is 48.4 Å². The summed E-state index contributed by atoms with van der Waals surface area (Å²) in [6.45, 7) is 0. The molecule has 4 nitrogen and oxygen atoms in total. The van der Waals surface area contributed by atoms with Crippen LogP contribution in [-0.4, -0.2) is 4.98 Å². The van der Waals surface area contributed by atoms with E-state index < -0.39 is 7.14 Å². The summed E-state index contributed by atoms with van der Waals surface area (Å²) in [4.78, 5) is 4.57. The van der Waals surface area contributed by atoms with Crippen molar-refractivity contribution in [2.24, 2.45) is 0 Å². The highest BCUT2D eigenvalue weighted by molar-refractivity contribution is 7.86. The van der Waals surface area contributed by atoms with Gasteiger partial charge in [-0.1, -0.05) is 91.0 Å². The molecule has 0 saturated carbocycles. The standard InChI is InChI=1S/C35H22NO3P/c37-40-31-18-9-15-26(23-11-3-1-4-12-23)33(31)38-29-21-25(28-17-7-8-20-36-28)22-30(35(29)40)39-34-27(16-10-19-32(34)40)24-13-5-2-6-14-24/h1-22H. The number of pyridine rings is 1. The van der Waals surface area contributed by atoms with Gasteiger partial charge in [0.15, 0.2) is 7.14 Å². The van der Waals surface area contributed by atoms with Gasteiger partial charge in [-0.05, 0) is 47.5 Å². The molecular formula is C35H22NO3P. The molecule has 3 heterocycles. The molecule has 1 aromatic heterocycles. The van der Waals surface area contributed by atoms with Gasteiger partial charge in [0, 0.05) is 22.9 Å². The van der Waals surface area contributed by atoms with Gasteiger partial charge >= 0.3 is 0 Å². The smallest absolute Gasteiger partial charge is 0.185 e. The Bertz CT molecular complexity index is 1850. The third-order valence-electron chi connectivity index (χ3n) is 7.58. The van der Waals surface area contributed by atoms with E-state index in [0.29, 0.717) is 38.9 Å². The second kappa shape index (κ2) is 8.81. The lowest BCUT2D eigenvalue weighted by Crippen LogP contribution is -2.35.